The molecular formula is C12H12N4O2. The molecule has 2 aromatic rings. The fourth-order valence-corrected chi connectivity index (χ4v) is 1.67. The maximum Gasteiger partial charge on any atom is 0.355 e. The van der Waals surface area contributed by atoms with Gasteiger partial charge in [0, 0.05) is 12.0 Å². The van der Waals surface area contributed by atoms with Crippen molar-refractivity contribution in [2.75, 3.05) is 11.5 Å². The van der Waals surface area contributed by atoms with Gasteiger partial charge in [0.15, 0.2) is 5.69 Å². The highest BCUT2D eigenvalue weighted by Gasteiger charge is 2.17. The molecule has 6 nitrogen and oxygen atoms in total. The summed E-state index contributed by atoms with van der Waals surface area (Å²) in [4.78, 5) is 18.6. The summed E-state index contributed by atoms with van der Waals surface area (Å²) in [5.41, 5.74) is 12.3. The van der Waals surface area contributed by atoms with Crippen LogP contribution in [0.3, 0.4) is 0 Å². The van der Waals surface area contributed by atoms with Gasteiger partial charge in [0.05, 0.1) is 0 Å². The maximum absolute atomic E-state index is 11.1. The third kappa shape index (κ3) is 2.37. The topological polar surface area (TPSA) is 115 Å². The predicted octanol–water partition coefficient (Wildman–Crippen LogP) is 0.930. The Kier molecular flexibility index (Phi) is 3.09. The number of aromatic carboxylic acids is 1. The molecule has 2 rings (SSSR count). The lowest BCUT2D eigenvalue weighted by Crippen LogP contribution is -2.13. The molecule has 0 spiro atoms. The monoisotopic (exact) mass is 244 g/mol. The number of aromatic nitrogens is 2. The Hall–Kier alpha value is -2.63. The summed E-state index contributed by atoms with van der Waals surface area (Å²) >= 11 is 0. The standard InChI is InChI=1S/C12H12N4O2/c13-10-8(6-7-4-2-1-3-5-7)9(11(17)18)15-12(14)16-10/h1-5H,6H2,(H,17,18)(H4,13,14,15,16). The minimum atomic E-state index is -1.17. The van der Waals surface area contributed by atoms with Crippen molar-refractivity contribution < 1.29 is 9.90 Å². The molecule has 92 valence electrons. The van der Waals surface area contributed by atoms with Crippen molar-refractivity contribution in [3.8, 4) is 0 Å². The molecule has 6 heteroatoms. The van der Waals surface area contributed by atoms with Gasteiger partial charge in [0.25, 0.3) is 0 Å². The predicted molar refractivity (Wildman–Crippen MR) is 67.1 cm³/mol. The van der Waals surface area contributed by atoms with E-state index in [1.54, 1.807) is 0 Å². The molecule has 0 fully saturated rings. The Morgan fingerprint density at radius 3 is 2.44 bits per heavy atom. The van der Waals surface area contributed by atoms with Crippen LogP contribution in [-0.2, 0) is 6.42 Å². The molecule has 0 amide bonds. The zero-order chi connectivity index (χ0) is 13.1. The SMILES string of the molecule is Nc1nc(N)c(Cc2ccccc2)c(C(=O)O)n1. The molecule has 0 radical (unpaired) electrons. The van der Waals surface area contributed by atoms with Crippen LogP contribution < -0.4 is 11.5 Å². The molecule has 0 saturated heterocycles. The van der Waals surface area contributed by atoms with Crippen molar-refractivity contribution in [3.63, 3.8) is 0 Å². The third-order valence-electron chi connectivity index (χ3n) is 2.48. The zero-order valence-corrected chi connectivity index (χ0v) is 9.50. The summed E-state index contributed by atoms with van der Waals surface area (Å²) in [5.74, 6) is -1.20. The van der Waals surface area contributed by atoms with E-state index in [2.05, 4.69) is 9.97 Å². The number of carboxylic acids is 1. The van der Waals surface area contributed by atoms with E-state index in [0.717, 1.165) is 5.56 Å². The quantitative estimate of drug-likeness (QED) is 0.739. The van der Waals surface area contributed by atoms with Gasteiger partial charge in [-0.05, 0) is 5.56 Å². The van der Waals surface area contributed by atoms with Crippen LogP contribution in [0.15, 0.2) is 30.3 Å². The minimum absolute atomic E-state index is 0.101. The smallest absolute Gasteiger partial charge is 0.355 e. The average molecular weight is 244 g/mol. The number of nitrogens with two attached hydrogens (primary N) is 2. The van der Waals surface area contributed by atoms with Crippen molar-refractivity contribution in [3.05, 3.63) is 47.2 Å². The van der Waals surface area contributed by atoms with Gasteiger partial charge in [0.1, 0.15) is 5.82 Å². The van der Waals surface area contributed by atoms with Crippen molar-refractivity contribution >= 4 is 17.7 Å². The molecule has 0 atom stereocenters. The summed E-state index contributed by atoms with van der Waals surface area (Å²) < 4.78 is 0. The van der Waals surface area contributed by atoms with E-state index >= 15 is 0 Å². The van der Waals surface area contributed by atoms with E-state index in [1.165, 1.54) is 0 Å². The number of carboxylic acid groups (broad SMARTS) is 1. The van der Waals surface area contributed by atoms with Crippen LogP contribution in [0.5, 0.6) is 0 Å². The summed E-state index contributed by atoms with van der Waals surface area (Å²) in [6, 6.07) is 9.36. The van der Waals surface area contributed by atoms with E-state index in [9.17, 15) is 4.79 Å². The normalized spacial score (nSPS) is 10.2. The van der Waals surface area contributed by atoms with E-state index in [1.807, 2.05) is 30.3 Å². The zero-order valence-electron chi connectivity index (χ0n) is 9.50. The van der Waals surface area contributed by atoms with Gasteiger partial charge >= 0.3 is 5.97 Å². The van der Waals surface area contributed by atoms with Gasteiger partial charge in [-0.15, -0.1) is 0 Å². The number of nitrogens with zero attached hydrogens (tertiary/aromatic N) is 2. The minimum Gasteiger partial charge on any atom is -0.476 e. The number of hydrogen-bond acceptors (Lipinski definition) is 5. The number of anilines is 2. The van der Waals surface area contributed by atoms with Crippen molar-refractivity contribution in [2.24, 2.45) is 0 Å². The van der Waals surface area contributed by atoms with Crippen molar-refractivity contribution in [2.45, 2.75) is 6.42 Å². The van der Waals surface area contributed by atoms with Gasteiger partial charge in [0.2, 0.25) is 5.95 Å². The first kappa shape index (κ1) is 11.8. The lowest BCUT2D eigenvalue weighted by Gasteiger charge is -2.08. The number of hydrogen-bond donors (Lipinski definition) is 3. The molecule has 0 unspecified atom stereocenters. The van der Waals surface area contributed by atoms with E-state index in [4.69, 9.17) is 16.6 Å². The van der Waals surface area contributed by atoms with Gasteiger partial charge < -0.3 is 16.6 Å². The van der Waals surface area contributed by atoms with Crippen molar-refractivity contribution in [1.29, 1.82) is 0 Å². The Balaban J connectivity index is 2.47. The van der Waals surface area contributed by atoms with E-state index < -0.39 is 5.97 Å². The molecular weight excluding hydrogens is 232 g/mol. The Bertz CT molecular complexity index is 584. The molecule has 5 N–H and O–H groups in total. The molecule has 1 aromatic carbocycles. The van der Waals surface area contributed by atoms with Gasteiger partial charge in [-0.25, -0.2) is 9.78 Å². The molecule has 0 bridgehead atoms. The van der Waals surface area contributed by atoms with Crippen LogP contribution in [-0.4, -0.2) is 21.0 Å². The molecule has 0 saturated carbocycles. The first-order chi connectivity index (χ1) is 8.58. The average Bonchev–Trinajstić information content (AvgIpc) is 2.33. The second-order valence-electron chi connectivity index (χ2n) is 3.76. The largest absolute Gasteiger partial charge is 0.476 e. The summed E-state index contributed by atoms with van der Waals surface area (Å²) in [5, 5.41) is 9.09. The van der Waals surface area contributed by atoms with Crippen LogP contribution in [0.4, 0.5) is 11.8 Å². The van der Waals surface area contributed by atoms with Gasteiger partial charge in [-0.2, -0.15) is 4.98 Å². The summed E-state index contributed by atoms with van der Waals surface area (Å²) in [6.45, 7) is 0. The van der Waals surface area contributed by atoms with Gasteiger partial charge in [-0.3, -0.25) is 0 Å². The first-order valence-corrected chi connectivity index (χ1v) is 5.27. The molecule has 1 heterocycles. The summed E-state index contributed by atoms with van der Waals surface area (Å²) in [7, 11) is 0. The Labute approximate surface area is 103 Å². The first-order valence-electron chi connectivity index (χ1n) is 5.27. The lowest BCUT2D eigenvalue weighted by molar-refractivity contribution is 0.0689. The summed E-state index contributed by atoms with van der Waals surface area (Å²) in [6.07, 6.45) is 0.356. The third-order valence-corrected chi connectivity index (χ3v) is 2.48. The molecule has 0 aliphatic heterocycles. The Morgan fingerprint density at radius 2 is 1.83 bits per heavy atom. The molecule has 0 aliphatic carbocycles. The number of carbonyl (C=O) groups is 1. The highest BCUT2D eigenvalue weighted by molar-refractivity contribution is 5.89. The van der Waals surface area contributed by atoms with Crippen LogP contribution in [0, 0.1) is 0 Å². The fraction of sp³-hybridized carbons (Fsp3) is 0.0833. The molecule has 0 aliphatic rings. The number of rotatable bonds is 3. The van der Waals surface area contributed by atoms with Gasteiger partial charge in [-0.1, -0.05) is 30.3 Å². The fourth-order valence-electron chi connectivity index (χ4n) is 1.67. The van der Waals surface area contributed by atoms with Crippen LogP contribution in [0.25, 0.3) is 0 Å². The van der Waals surface area contributed by atoms with Crippen LogP contribution >= 0.6 is 0 Å². The number of nitrogen functional groups attached to an aromatic ring is 2. The highest BCUT2D eigenvalue weighted by atomic mass is 16.4. The molecule has 18 heavy (non-hydrogen) atoms. The second kappa shape index (κ2) is 4.70. The van der Waals surface area contributed by atoms with Crippen molar-refractivity contribution in [1.82, 2.24) is 9.97 Å². The molecule has 1 aromatic heterocycles. The highest BCUT2D eigenvalue weighted by Crippen LogP contribution is 2.19. The lowest BCUT2D eigenvalue weighted by atomic mass is 10.0. The number of benzene rings is 1. The van der Waals surface area contributed by atoms with Crippen LogP contribution in [0.1, 0.15) is 21.6 Å². The second-order valence-corrected chi connectivity index (χ2v) is 3.76. The van der Waals surface area contributed by atoms with E-state index in [-0.39, 0.29) is 17.5 Å². The van der Waals surface area contributed by atoms with Crippen LogP contribution in [0.2, 0.25) is 0 Å². The Morgan fingerprint density at radius 1 is 1.17 bits per heavy atom. The van der Waals surface area contributed by atoms with E-state index in [0.29, 0.717) is 12.0 Å². The maximum atomic E-state index is 11.1.